The normalized spacial score (nSPS) is 17.3. The molecule has 2 N–H and O–H groups in total. The highest BCUT2D eigenvalue weighted by atomic mass is 32.1. The lowest BCUT2D eigenvalue weighted by Crippen LogP contribution is -2.40. The molecule has 2 amide bonds. The number of nitrogens with one attached hydrogen (secondary N) is 2. The van der Waals surface area contributed by atoms with Crippen molar-refractivity contribution in [2.75, 3.05) is 29.8 Å². The number of carbonyl (C=O) groups is 2. The van der Waals surface area contributed by atoms with Crippen LogP contribution >= 0.6 is 11.3 Å². The van der Waals surface area contributed by atoms with Crippen LogP contribution in [0.5, 0.6) is 11.5 Å². The second kappa shape index (κ2) is 9.23. The number of ketones is 1. The molecule has 34 heavy (non-hydrogen) atoms. The van der Waals surface area contributed by atoms with E-state index in [1.54, 1.807) is 37.3 Å². The minimum atomic E-state index is -0.539. The number of nitrogens with zero attached hydrogens (tertiary/aromatic N) is 1. The van der Waals surface area contributed by atoms with E-state index in [0.29, 0.717) is 34.9 Å². The molecule has 174 valence electrons. The van der Waals surface area contributed by atoms with Crippen LogP contribution in [0.25, 0.3) is 0 Å². The van der Waals surface area contributed by atoms with E-state index in [4.69, 9.17) is 9.47 Å². The van der Waals surface area contributed by atoms with Crippen molar-refractivity contribution in [1.82, 2.24) is 0 Å². The Kier molecular flexibility index (Phi) is 5.98. The number of carbonyl (C=O) groups excluding carboxylic acids is 2. The maximum atomic E-state index is 14.0. The lowest BCUT2D eigenvalue weighted by molar-refractivity contribution is -0.116. The molecule has 1 atom stereocenters. The van der Waals surface area contributed by atoms with Gasteiger partial charge in [-0.1, -0.05) is 18.2 Å². The number of Topliss-reactive ketones (excluding diaryl/α,β-unsaturated/α-hetero) is 1. The Balaban J connectivity index is 1.64. The topological polar surface area (TPSA) is 79.9 Å². The molecule has 8 heteroatoms. The molecule has 0 fully saturated rings. The molecular weight excluding hydrogens is 450 g/mol. The van der Waals surface area contributed by atoms with Gasteiger partial charge < -0.3 is 20.1 Å². The molecule has 7 nitrogen and oxygen atoms in total. The molecule has 1 aliphatic carbocycles. The first kappa shape index (κ1) is 22.0. The molecule has 3 aromatic rings. The second-order valence-electron chi connectivity index (χ2n) is 8.10. The van der Waals surface area contributed by atoms with Gasteiger partial charge in [0.2, 0.25) is 0 Å². The first-order chi connectivity index (χ1) is 16.6. The van der Waals surface area contributed by atoms with E-state index in [1.807, 2.05) is 41.8 Å². The number of fused-ring (bicyclic) bond motifs is 1. The van der Waals surface area contributed by atoms with E-state index < -0.39 is 6.04 Å². The lowest BCUT2D eigenvalue weighted by atomic mass is 9.88. The van der Waals surface area contributed by atoms with Crippen LogP contribution in [0.1, 0.15) is 30.2 Å². The number of benzene rings is 2. The van der Waals surface area contributed by atoms with Crippen molar-refractivity contribution < 1.29 is 19.1 Å². The summed E-state index contributed by atoms with van der Waals surface area (Å²) in [6.45, 7) is 0. The summed E-state index contributed by atoms with van der Waals surface area (Å²) >= 11 is 1.53. The van der Waals surface area contributed by atoms with E-state index in [1.165, 1.54) is 11.3 Å². The molecule has 1 aromatic heterocycles. The molecule has 2 heterocycles. The van der Waals surface area contributed by atoms with Gasteiger partial charge >= 0.3 is 6.03 Å². The molecule has 5 rings (SSSR count). The lowest BCUT2D eigenvalue weighted by Gasteiger charge is -2.33. The van der Waals surface area contributed by atoms with Crippen LogP contribution in [0.15, 0.2) is 71.2 Å². The van der Waals surface area contributed by atoms with Crippen LogP contribution < -0.4 is 25.0 Å². The van der Waals surface area contributed by atoms with Gasteiger partial charge in [0.15, 0.2) is 5.78 Å². The van der Waals surface area contributed by atoms with Crippen LogP contribution in [0, 0.1) is 0 Å². The number of methoxy groups -OCH3 is 2. The summed E-state index contributed by atoms with van der Waals surface area (Å²) in [6, 6.07) is 15.9. The van der Waals surface area contributed by atoms with Gasteiger partial charge in [0.1, 0.15) is 17.5 Å². The molecule has 0 spiro atoms. The number of ether oxygens (including phenoxy) is 2. The molecule has 0 saturated carbocycles. The zero-order valence-electron chi connectivity index (χ0n) is 19.0. The minimum absolute atomic E-state index is 0.0692. The quantitative estimate of drug-likeness (QED) is 0.485. The van der Waals surface area contributed by atoms with Crippen LogP contribution in [0.3, 0.4) is 0 Å². The largest absolute Gasteiger partial charge is 0.497 e. The van der Waals surface area contributed by atoms with E-state index >= 15 is 0 Å². The monoisotopic (exact) mass is 475 g/mol. The third kappa shape index (κ3) is 3.90. The second-order valence-corrected chi connectivity index (χ2v) is 9.07. The van der Waals surface area contributed by atoms with Gasteiger partial charge in [-0.3, -0.25) is 9.69 Å². The fraction of sp³-hybridized carbons (Fsp3) is 0.231. The number of para-hydroxylation sites is 2. The van der Waals surface area contributed by atoms with Crippen LogP contribution in [0.4, 0.5) is 21.9 Å². The molecule has 2 aliphatic rings. The van der Waals surface area contributed by atoms with Crippen molar-refractivity contribution in [2.24, 2.45) is 0 Å². The Morgan fingerprint density at radius 3 is 2.71 bits per heavy atom. The zero-order chi connectivity index (χ0) is 23.7. The van der Waals surface area contributed by atoms with Gasteiger partial charge in [0, 0.05) is 28.6 Å². The number of hydrogen-bond acceptors (Lipinski definition) is 6. The summed E-state index contributed by atoms with van der Waals surface area (Å²) in [4.78, 5) is 29.8. The van der Waals surface area contributed by atoms with Gasteiger partial charge in [-0.15, -0.1) is 11.3 Å². The van der Waals surface area contributed by atoms with E-state index in [-0.39, 0.29) is 11.8 Å². The predicted molar refractivity (Wildman–Crippen MR) is 134 cm³/mol. The van der Waals surface area contributed by atoms with Gasteiger partial charge in [-0.05, 0) is 48.6 Å². The highest BCUT2D eigenvalue weighted by Crippen LogP contribution is 2.46. The number of rotatable bonds is 4. The minimum Gasteiger partial charge on any atom is -0.497 e. The van der Waals surface area contributed by atoms with E-state index in [0.717, 1.165) is 29.1 Å². The van der Waals surface area contributed by atoms with E-state index in [9.17, 15) is 9.59 Å². The first-order valence-electron chi connectivity index (χ1n) is 11.1. The van der Waals surface area contributed by atoms with Gasteiger partial charge in [0.25, 0.3) is 0 Å². The average Bonchev–Trinajstić information content (AvgIpc) is 3.33. The Bertz CT molecular complexity index is 1270. The van der Waals surface area contributed by atoms with Gasteiger partial charge in [-0.25, -0.2) is 4.79 Å². The summed E-state index contributed by atoms with van der Waals surface area (Å²) in [5.74, 6) is 1.17. The van der Waals surface area contributed by atoms with Crippen LogP contribution in [0.2, 0.25) is 0 Å². The number of thiophene rings is 1. The summed E-state index contributed by atoms with van der Waals surface area (Å²) in [7, 11) is 3.12. The number of allylic oxidation sites excluding steroid dienone is 1. The van der Waals surface area contributed by atoms with Crippen molar-refractivity contribution in [1.29, 1.82) is 0 Å². The van der Waals surface area contributed by atoms with Gasteiger partial charge in [0.05, 0.1) is 31.3 Å². The summed E-state index contributed by atoms with van der Waals surface area (Å²) in [5.41, 5.74) is 3.55. The number of urea groups is 1. The van der Waals surface area contributed by atoms with Crippen molar-refractivity contribution in [3.63, 3.8) is 0 Å². The van der Waals surface area contributed by atoms with Crippen molar-refractivity contribution in [3.8, 4) is 11.5 Å². The summed E-state index contributed by atoms with van der Waals surface area (Å²) < 4.78 is 10.8. The number of amides is 2. The van der Waals surface area contributed by atoms with Gasteiger partial charge in [-0.2, -0.15) is 0 Å². The average molecular weight is 476 g/mol. The molecule has 0 radical (unpaired) electrons. The smallest absolute Gasteiger partial charge is 0.327 e. The molecule has 0 saturated heterocycles. The maximum Gasteiger partial charge on any atom is 0.327 e. The van der Waals surface area contributed by atoms with E-state index in [2.05, 4.69) is 10.6 Å². The first-order valence-corrected chi connectivity index (χ1v) is 12.0. The molecular formula is C26H25N3O4S. The standard InChI is InChI=1S/C26H25N3O4S/c1-32-16-12-13-18(22(15-16)33-2)28-26(31)29-20-9-4-3-7-17(20)27-19-8-5-10-21(30)24(19)25(29)23-11-6-14-34-23/h3-4,6-7,9,11-15,25,27H,5,8,10H2,1-2H3,(H,28,31). The summed E-state index contributed by atoms with van der Waals surface area (Å²) in [5, 5.41) is 8.44. The molecule has 1 unspecified atom stereocenters. The zero-order valence-corrected chi connectivity index (χ0v) is 19.8. The Labute approximate surface area is 202 Å². The van der Waals surface area contributed by atoms with Crippen molar-refractivity contribution in [3.05, 3.63) is 76.1 Å². The SMILES string of the molecule is COc1ccc(NC(=O)N2c3ccccc3NC3=C(C(=O)CCC3)C2c2cccs2)c(OC)c1. The van der Waals surface area contributed by atoms with Crippen molar-refractivity contribution in [2.45, 2.75) is 25.3 Å². The summed E-state index contributed by atoms with van der Waals surface area (Å²) in [6.07, 6.45) is 2.03. The maximum absolute atomic E-state index is 14.0. The van der Waals surface area contributed by atoms with Crippen molar-refractivity contribution >= 4 is 40.2 Å². The van der Waals surface area contributed by atoms with Crippen LogP contribution in [-0.2, 0) is 4.79 Å². The molecule has 1 aliphatic heterocycles. The Hall–Kier alpha value is -3.78. The van der Waals surface area contributed by atoms with Crippen LogP contribution in [-0.4, -0.2) is 26.0 Å². The highest BCUT2D eigenvalue weighted by molar-refractivity contribution is 7.10. The third-order valence-electron chi connectivity index (χ3n) is 6.12. The predicted octanol–water partition coefficient (Wildman–Crippen LogP) is 5.98. The highest BCUT2D eigenvalue weighted by Gasteiger charge is 2.40. The Morgan fingerprint density at radius 2 is 1.94 bits per heavy atom. The fourth-order valence-electron chi connectivity index (χ4n) is 4.55. The third-order valence-corrected chi connectivity index (χ3v) is 7.04. The Morgan fingerprint density at radius 1 is 1.09 bits per heavy atom. The fourth-order valence-corrected chi connectivity index (χ4v) is 5.37. The number of hydrogen-bond donors (Lipinski definition) is 2. The molecule has 2 aromatic carbocycles. The number of anilines is 3. The molecule has 0 bridgehead atoms.